The Kier molecular flexibility index (Phi) is 5.77. The van der Waals surface area contributed by atoms with E-state index in [0.29, 0.717) is 31.9 Å². The van der Waals surface area contributed by atoms with Crippen LogP contribution >= 0.6 is 0 Å². The summed E-state index contributed by atoms with van der Waals surface area (Å²) >= 11 is -2.65. The lowest BCUT2D eigenvalue weighted by Crippen LogP contribution is -2.50. The van der Waals surface area contributed by atoms with Gasteiger partial charge in [-0.2, -0.15) is 0 Å². The molecule has 1 aliphatic heterocycles. The Labute approximate surface area is 157 Å². The van der Waals surface area contributed by atoms with Crippen LogP contribution in [-0.2, 0) is 11.3 Å². The highest BCUT2D eigenvalue weighted by molar-refractivity contribution is 7.80. The summed E-state index contributed by atoms with van der Waals surface area (Å²) in [5, 5.41) is 0. The molecule has 142 valence electrons. The summed E-state index contributed by atoms with van der Waals surface area (Å²) in [6, 6.07) is 8.62. The summed E-state index contributed by atoms with van der Waals surface area (Å²) in [5.41, 5.74) is 0.225. The number of nitrogens with zero attached hydrogens (tertiary/aromatic N) is 3. The van der Waals surface area contributed by atoms with Crippen LogP contribution in [-0.4, -0.2) is 61.5 Å². The minimum atomic E-state index is -2.65. The van der Waals surface area contributed by atoms with Gasteiger partial charge in [-0.3, -0.25) is 18.8 Å². The zero-order chi connectivity index (χ0) is 19.4. The SMILES string of the molecule is O=C(c1ccc(NS(=O)[O-])c(F)c1)N1CCN(C(=O)c2ccccn2)CC1. The largest absolute Gasteiger partial charge is 0.755 e. The molecule has 0 aliphatic carbocycles. The van der Waals surface area contributed by atoms with Gasteiger partial charge in [0.15, 0.2) is 0 Å². The normalized spacial score (nSPS) is 15.3. The van der Waals surface area contributed by atoms with Gasteiger partial charge in [0.05, 0.1) is 5.69 Å². The molecule has 2 amide bonds. The van der Waals surface area contributed by atoms with Gasteiger partial charge in [-0.1, -0.05) is 6.07 Å². The number of rotatable bonds is 4. The lowest BCUT2D eigenvalue weighted by atomic mass is 10.1. The molecular weight excluding hydrogens is 375 g/mol. The summed E-state index contributed by atoms with van der Waals surface area (Å²) in [7, 11) is 0. The Morgan fingerprint density at radius 2 is 1.74 bits per heavy atom. The van der Waals surface area contributed by atoms with E-state index in [1.165, 1.54) is 17.0 Å². The van der Waals surface area contributed by atoms with Gasteiger partial charge in [-0.25, -0.2) is 4.39 Å². The van der Waals surface area contributed by atoms with Crippen molar-refractivity contribution < 1.29 is 22.7 Å². The van der Waals surface area contributed by atoms with Crippen molar-refractivity contribution in [1.29, 1.82) is 0 Å². The van der Waals surface area contributed by atoms with Crippen molar-refractivity contribution in [3.05, 3.63) is 59.7 Å². The molecule has 0 bridgehead atoms. The van der Waals surface area contributed by atoms with E-state index in [2.05, 4.69) is 4.98 Å². The lowest BCUT2D eigenvalue weighted by molar-refractivity contribution is 0.0532. The molecule has 1 unspecified atom stereocenters. The highest BCUT2D eigenvalue weighted by Gasteiger charge is 2.26. The van der Waals surface area contributed by atoms with Crippen LogP contribution in [0.15, 0.2) is 42.6 Å². The highest BCUT2D eigenvalue weighted by Crippen LogP contribution is 2.18. The Morgan fingerprint density at radius 3 is 2.30 bits per heavy atom. The van der Waals surface area contributed by atoms with Gasteiger partial charge in [0.2, 0.25) is 0 Å². The van der Waals surface area contributed by atoms with Crippen LogP contribution in [0.3, 0.4) is 0 Å². The molecule has 1 N–H and O–H groups in total. The first-order valence-corrected chi connectivity index (χ1v) is 9.18. The van der Waals surface area contributed by atoms with Crippen molar-refractivity contribution in [1.82, 2.24) is 14.8 Å². The number of halogens is 1. The van der Waals surface area contributed by atoms with Crippen molar-refractivity contribution in [2.24, 2.45) is 0 Å². The number of hydrogen-bond acceptors (Lipinski definition) is 5. The molecule has 1 aromatic heterocycles. The Morgan fingerprint density at radius 1 is 1.07 bits per heavy atom. The number of anilines is 1. The number of carbonyl (C=O) groups excluding carboxylic acids is 2. The predicted octanol–water partition coefficient (Wildman–Crippen LogP) is 1.02. The average Bonchev–Trinajstić information content (AvgIpc) is 2.69. The quantitative estimate of drug-likeness (QED) is 0.784. The number of piperazine rings is 1. The standard InChI is InChI=1S/C17H17FN4O4S/c18-13-11-12(4-5-14(13)20-27(25)26)16(23)21-7-9-22(10-8-21)17(24)15-3-1-2-6-19-15/h1-6,11,20H,7-10H2,(H,25,26)/p-1. The van der Waals surface area contributed by atoms with E-state index in [0.717, 1.165) is 6.07 Å². The fourth-order valence-electron chi connectivity index (χ4n) is 2.77. The molecule has 1 aliphatic rings. The first-order chi connectivity index (χ1) is 13.0. The minimum Gasteiger partial charge on any atom is -0.755 e. The van der Waals surface area contributed by atoms with Gasteiger partial charge in [-0.05, 0) is 30.3 Å². The van der Waals surface area contributed by atoms with Crippen molar-refractivity contribution in [3.8, 4) is 0 Å². The molecule has 2 aromatic rings. The number of amides is 2. The third-order valence-electron chi connectivity index (χ3n) is 4.15. The van der Waals surface area contributed by atoms with E-state index in [1.54, 1.807) is 29.3 Å². The monoisotopic (exact) mass is 391 g/mol. The molecule has 3 rings (SSSR count). The lowest BCUT2D eigenvalue weighted by Gasteiger charge is -2.34. The second-order valence-electron chi connectivity index (χ2n) is 5.83. The van der Waals surface area contributed by atoms with Gasteiger partial charge in [0, 0.05) is 49.2 Å². The predicted molar refractivity (Wildman–Crippen MR) is 95.0 cm³/mol. The third kappa shape index (κ3) is 4.47. The zero-order valence-electron chi connectivity index (χ0n) is 14.1. The first-order valence-electron chi connectivity index (χ1n) is 8.11. The van der Waals surface area contributed by atoms with Gasteiger partial charge in [-0.15, -0.1) is 0 Å². The zero-order valence-corrected chi connectivity index (χ0v) is 14.9. The summed E-state index contributed by atoms with van der Waals surface area (Å²) < 4.78 is 37.0. The van der Waals surface area contributed by atoms with Crippen LogP contribution in [0.5, 0.6) is 0 Å². The van der Waals surface area contributed by atoms with Crippen LogP contribution < -0.4 is 4.72 Å². The number of aromatic nitrogens is 1. The number of benzene rings is 1. The van der Waals surface area contributed by atoms with Crippen LogP contribution in [0.2, 0.25) is 0 Å². The fourth-order valence-corrected chi connectivity index (χ4v) is 3.11. The van der Waals surface area contributed by atoms with E-state index < -0.39 is 17.1 Å². The Bertz CT molecular complexity index is 872. The molecule has 2 heterocycles. The number of carbonyl (C=O) groups is 2. The molecule has 1 atom stereocenters. The van der Waals surface area contributed by atoms with Gasteiger partial charge in [0.25, 0.3) is 11.8 Å². The Balaban J connectivity index is 1.62. The second kappa shape index (κ2) is 8.23. The first kappa shape index (κ1) is 18.9. The molecule has 27 heavy (non-hydrogen) atoms. The molecule has 0 spiro atoms. The average molecular weight is 391 g/mol. The van der Waals surface area contributed by atoms with Crippen LogP contribution in [0, 0.1) is 5.82 Å². The molecule has 10 heteroatoms. The van der Waals surface area contributed by atoms with E-state index in [1.807, 2.05) is 4.72 Å². The van der Waals surface area contributed by atoms with E-state index >= 15 is 0 Å². The maximum atomic E-state index is 13.9. The Hall–Kier alpha value is -2.85. The van der Waals surface area contributed by atoms with Gasteiger partial charge in [0.1, 0.15) is 11.5 Å². The van der Waals surface area contributed by atoms with Crippen molar-refractivity contribution in [3.63, 3.8) is 0 Å². The topological polar surface area (TPSA) is 106 Å². The van der Waals surface area contributed by atoms with Crippen molar-refractivity contribution in [2.45, 2.75) is 0 Å². The summed E-state index contributed by atoms with van der Waals surface area (Å²) in [4.78, 5) is 32.1. The van der Waals surface area contributed by atoms with Crippen molar-refractivity contribution >= 4 is 28.8 Å². The van der Waals surface area contributed by atoms with E-state index in [-0.39, 0.29) is 23.1 Å². The summed E-state index contributed by atoms with van der Waals surface area (Å²) in [6.45, 7) is 1.31. The van der Waals surface area contributed by atoms with Crippen LogP contribution in [0.25, 0.3) is 0 Å². The molecule has 0 saturated carbocycles. The molecule has 8 nitrogen and oxygen atoms in total. The third-order valence-corrected chi connectivity index (χ3v) is 4.53. The smallest absolute Gasteiger partial charge is 0.272 e. The second-order valence-corrected chi connectivity index (χ2v) is 6.50. The van der Waals surface area contributed by atoms with Gasteiger partial charge < -0.3 is 19.1 Å². The van der Waals surface area contributed by atoms with Crippen molar-refractivity contribution in [2.75, 3.05) is 30.9 Å². The minimum absolute atomic E-state index is 0.110. The number of pyridine rings is 1. The maximum absolute atomic E-state index is 13.9. The molecule has 0 radical (unpaired) electrons. The summed E-state index contributed by atoms with van der Waals surface area (Å²) in [6.07, 6.45) is 1.54. The van der Waals surface area contributed by atoms with Crippen LogP contribution in [0.1, 0.15) is 20.8 Å². The molecule has 1 saturated heterocycles. The number of nitrogens with one attached hydrogen (secondary N) is 1. The van der Waals surface area contributed by atoms with E-state index in [4.69, 9.17) is 0 Å². The fraction of sp³-hybridized carbons (Fsp3) is 0.235. The maximum Gasteiger partial charge on any atom is 0.272 e. The highest BCUT2D eigenvalue weighted by atomic mass is 32.2. The van der Waals surface area contributed by atoms with Crippen LogP contribution in [0.4, 0.5) is 10.1 Å². The summed E-state index contributed by atoms with van der Waals surface area (Å²) in [5.74, 6) is -1.42. The number of hydrogen-bond donors (Lipinski definition) is 1. The molecular formula is C17H16FN4O4S-. The van der Waals surface area contributed by atoms with E-state index in [9.17, 15) is 22.7 Å². The molecule has 1 aromatic carbocycles. The van der Waals surface area contributed by atoms with Gasteiger partial charge >= 0.3 is 0 Å². The molecule has 1 fully saturated rings.